The van der Waals surface area contributed by atoms with Gasteiger partial charge in [-0.15, -0.1) is 0 Å². The first-order chi connectivity index (χ1) is 10.1. The van der Waals surface area contributed by atoms with E-state index >= 15 is 0 Å². The minimum absolute atomic E-state index is 0.164. The fourth-order valence-electron chi connectivity index (χ4n) is 1.78. The van der Waals surface area contributed by atoms with Crippen molar-refractivity contribution in [2.75, 3.05) is 7.11 Å². The van der Waals surface area contributed by atoms with Crippen LogP contribution in [0.3, 0.4) is 0 Å². The quantitative estimate of drug-likeness (QED) is 0.648. The summed E-state index contributed by atoms with van der Waals surface area (Å²) < 4.78 is 4.67. The van der Waals surface area contributed by atoms with Crippen LogP contribution < -0.4 is 10.9 Å². The molecule has 0 radical (unpaired) electrons. The van der Waals surface area contributed by atoms with Gasteiger partial charge in [-0.05, 0) is 6.07 Å². The van der Waals surface area contributed by atoms with Gasteiger partial charge in [0, 0.05) is 36.1 Å². The number of aromatic nitrogens is 3. The Labute approximate surface area is 119 Å². The van der Waals surface area contributed by atoms with Crippen LogP contribution in [-0.2, 0) is 16.0 Å². The van der Waals surface area contributed by atoms with E-state index in [0.717, 1.165) is 6.07 Å². The molecule has 1 amide bonds. The normalized spacial score (nSPS) is 11.7. The lowest BCUT2D eigenvalue weighted by atomic mass is 10.1. The second-order valence-electron chi connectivity index (χ2n) is 4.27. The van der Waals surface area contributed by atoms with Gasteiger partial charge in [0.25, 0.3) is 5.91 Å². The molecule has 8 heteroatoms. The number of imidazole rings is 1. The van der Waals surface area contributed by atoms with E-state index in [1.807, 2.05) is 0 Å². The fourth-order valence-corrected chi connectivity index (χ4v) is 1.78. The Hall–Kier alpha value is -2.90. The molecule has 0 fully saturated rings. The lowest BCUT2D eigenvalue weighted by Gasteiger charge is -2.15. The van der Waals surface area contributed by atoms with Gasteiger partial charge in [0.1, 0.15) is 6.04 Å². The highest BCUT2D eigenvalue weighted by Crippen LogP contribution is 2.02. The Morgan fingerprint density at radius 3 is 2.86 bits per heavy atom. The van der Waals surface area contributed by atoms with Gasteiger partial charge in [0.2, 0.25) is 5.56 Å². The maximum absolute atomic E-state index is 12.1. The maximum atomic E-state index is 12.1. The summed E-state index contributed by atoms with van der Waals surface area (Å²) in [6, 6.07) is 1.73. The van der Waals surface area contributed by atoms with Crippen LogP contribution in [0, 0.1) is 0 Å². The number of nitrogens with zero attached hydrogens (tertiary/aromatic N) is 1. The zero-order chi connectivity index (χ0) is 15.2. The second-order valence-corrected chi connectivity index (χ2v) is 4.27. The molecule has 1 atom stereocenters. The Morgan fingerprint density at radius 1 is 1.43 bits per heavy atom. The first-order valence-corrected chi connectivity index (χ1v) is 6.15. The van der Waals surface area contributed by atoms with Crippen molar-refractivity contribution in [2.24, 2.45) is 0 Å². The van der Waals surface area contributed by atoms with Crippen LogP contribution in [0.15, 0.2) is 35.6 Å². The molecular weight excluding hydrogens is 276 g/mol. The number of pyridine rings is 1. The zero-order valence-electron chi connectivity index (χ0n) is 11.3. The summed E-state index contributed by atoms with van der Waals surface area (Å²) in [6.07, 6.45) is 4.60. The number of carbonyl (C=O) groups excluding carboxylic acids is 2. The topological polar surface area (TPSA) is 117 Å². The van der Waals surface area contributed by atoms with Gasteiger partial charge in [-0.2, -0.15) is 0 Å². The number of rotatable bonds is 5. The highest BCUT2D eigenvalue weighted by Gasteiger charge is 2.23. The summed E-state index contributed by atoms with van der Waals surface area (Å²) >= 11 is 0. The Kier molecular flexibility index (Phi) is 4.50. The smallest absolute Gasteiger partial charge is 0.328 e. The molecule has 2 heterocycles. The number of amides is 1. The van der Waals surface area contributed by atoms with Gasteiger partial charge in [0.15, 0.2) is 0 Å². The number of nitrogens with one attached hydrogen (secondary N) is 3. The van der Waals surface area contributed by atoms with E-state index in [4.69, 9.17) is 0 Å². The van der Waals surface area contributed by atoms with Crippen molar-refractivity contribution in [3.63, 3.8) is 0 Å². The molecule has 0 saturated carbocycles. The molecule has 2 aromatic heterocycles. The first-order valence-electron chi connectivity index (χ1n) is 6.15. The molecule has 0 aliphatic rings. The predicted octanol–water partition coefficient (Wildman–Crippen LogP) is -0.388. The number of H-pyrrole nitrogens is 2. The Balaban J connectivity index is 2.13. The van der Waals surface area contributed by atoms with Gasteiger partial charge < -0.3 is 20.0 Å². The van der Waals surface area contributed by atoms with Crippen molar-refractivity contribution >= 4 is 11.9 Å². The Bertz CT molecular complexity index is 677. The maximum Gasteiger partial charge on any atom is 0.328 e. The number of esters is 1. The molecule has 3 N–H and O–H groups in total. The lowest BCUT2D eigenvalue weighted by Crippen LogP contribution is -2.43. The van der Waals surface area contributed by atoms with Gasteiger partial charge >= 0.3 is 5.97 Å². The van der Waals surface area contributed by atoms with Crippen LogP contribution >= 0.6 is 0 Å². The SMILES string of the molecule is COC(=O)[C@H](Cc1cnc[nH]1)NC(=O)c1cc[nH]c(=O)c1. The van der Waals surface area contributed by atoms with Crippen molar-refractivity contribution in [1.82, 2.24) is 20.3 Å². The average Bonchev–Trinajstić information content (AvgIpc) is 2.98. The van der Waals surface area contributed by atoms with E-state index in [1.165, 1.54) is 25.7 Å². The van der Waals surface area contributed by atoms with E-state index in [0.29, 0.717) is 5.69 Å². The summed E-state index contributed by atoms with van der Waals surface area (Å²) in [6.45, 7) is 0. The number of hydrogen-bond acceptors (Lipinski definition) is 5. The van der Waals surface area contributed by atoms with Gasteiger partial charge in [-0.3, -0.25) is 9.59 Å². The third-order valence-corrected chi connectivity index (χ3v) is 2.81. The second kappa shape index (κ2) is 6.51. The molecule has 8 nitrogen and oxygen atoms in total. The monoisotopic (exact) mass is 290 g/mol. The van der Waals surface area contributed by atoms with E-state index < -0.39 is 23.5 Å². The van der Waals surface area contributed by atoms with E-state index in [9.17, 15) is 14.4 Å². The van der Waals surface area contributed by atoms with Crippen molar-refractivity contribution < 1.29 is 14.3 Å². The molecular formula is C13H14N4O4. The molecule has 0 aromatic carbocycles. The summed E-state index contributed by atoms with van der Waals surface area (Å²) in [5.41, 5.74) is 0.444. The molecule has 0 spiro atoms. The van der Waals surface area contributed by atoms with Crippen LogP contribution in [-0.4, -0.2) is 40.0 Å². The predicted molar refractivity (Wildman–Crippen MR) is 72.6 cm³/mol. The number of carbonyl (C=O) groups is 2. The molecule has 0 aliphatic carbocycles. The first kappa shape index (κ1) is 14.5. The molecule has 2 aromatic rings. The van der Waals surface area contributed by atoms with Gasteiger partial charge in [-0.1, -0.05) is 0 Å². The van der Waals surface area contributed by atoms with Crippen LogP contribution in [0.2, 0.25) is 0 Å². The largest absolute Gasteiger partial charge is 0.467 e. The highest BCUT2D eigenvalue weighted by molar-refractivity contribution is 5.96. The van der Waals surface area contributed by atoms with Crippen molar-refractivity contribution in [3.8, 4) is 0 Å². The molecule has 0 aliphatic heterocycles. The Morgan fingerprint density at radius 2 is 2.24 bits per heavy atom. The molecule has 0 unspecified atom stereocenters. The number of aromatic amines is 2. The van der Waals surface area contributed by atoms with Crippen molar-refractivity contribution in [3.05, 3.63) is 52.5 Å². The van der Waals surface area contributed by atoms with E-state index in [1.54, 1.807) is 6.20 Å². The molecule has 0 saturated heterocycles. The third kappa shape index (κ3) is 3.78. The summed E-state index contributed by atoms with van der Waals surface area (Å²) in [7, 11) is 1.24. The summed E-state index contributed by atoms with van der Waals surface area (Å²) in [5, 5.41) is 2.54. The van der Waals surface area contributed by atoms with Crippen molar-refractivity contribution in [2.45, 2.75) is 12.5 Å². The third-order valence-electron chi connectivity index (χ3n) is 2.81. The summed E-state index contributed by atoms with van der Waals surface area (Å²) in [4.78, 5) is 44.1. The lowest BCUT2D eigenvalue weighted by molar-refractivity contribution is -0.142. The number of ether oxygens (including phenoxy) is 1. The fraction of sp³-hybridized carbons (Fsp3) is 0.231. The van der Waals surface area contributed by atoms with E-state index in [-0.39, 0.29) is 12.0 Å². The molecule has 2 rings (SSSR count). The highest BCUT2D eigenvalue weighted by atomic mass is 16.5. The molecule has 21 heavy (non-hydrogen) atoms. The minimum atomic E-state index is -0.873. The van der Waals surface area contributed by atoms with Crippen LogP contribution in [0.4, 0.5) is 0 Å². The van der Waals surface area contributed by atoms with Crippen LogP contribution in [0.1, 0.15) is 16.1 Å². The molecule has 0 bridgehead atoms. The number of hydrogen-bond donors (Lipinski definition) is 3. The van der Waals surface area contributed by atoms with Crippen LogP contribution in [0.5, 0.6) is 0 Å². The van der Waals surface area contributed by atoms with Gasteiger partial charge in [-0.25, -0.2) is 9.78 Å². The molecule has 110 valence electrons. The van der Waals surface area contributed by atoms with Crippen LogP contribution in [0.25, 0.3) is 0 Å². The van der Waals surface area contributed by atoms with Gasteiger partial charge in [0.05, 0.1) is 13.4 Å². The average molecular weight is 290 g/mol. The number of methoxy groups -OCH3 is 1. The summed E-state index contributed by atoms with van der Waals surface area (Å²) in [5.74, 6) is -1.11. The standard InChI is InChI=1S/C13H14N4O4/c1-21-13(20)10(5-9-6-14-7-16-9)17-12(19)8-2-3-15-11(18)4-8/h2-4,6-7,10H,5H2,1H3,(H,14,16)(H,15,18)(H,17,19)/t10-/m0/s1. The minimum Gasteiger partial charge on any atom is -0.467 e. The van der Waals surface area contributed by atoms with Crippen molar-refractivity contribution in [1.29, 1.82) is 0 Å². The zero-order valence-corrected chi connectivity index (χ0v) is 11.3. The van der Waals surface area contributed by atoms with E-state index in [2.05, 4.69) is 25.0 Å².